The molecule has 1 aliphatic heterocycles. The van der Waals surface area contributed by atoms with Gasteiger partial charge in [-0.3, -0.25) is 4.79 Å². The van der Waals surface area contributed by atoms with Gasteiger partial charge in [-0.05, 0) is 104 Å². The number of hydrogen-bond acceptors (Lipinski definition) is 4. The van der Waals surface area contributed by atoms with Gasteiger partial charge in [0.15, 0.2) is 0 Å². The van der Waals surface area contributed by atoms with Crippen molar-refractivity contribution in [1.82, 2.24) is 4.90 Å². The van der Waals surface area contributed by atoms with E-state index in [0.717, 1.165) is 47.1 Å². The van der Waals surface area contributed by atoms with Gasteiger partial charge in [0.2, 0.25) is 5.91 Å². The lowest BCUT2D eigenvalue weighted by Gasteiger charge is -2.64. The summed E-state index contributed by atoms with van der Waals surface area (Å²) in [5, 5.41) is 0.743. The first kappa shape index (κ1) is 27.8. The van der Waals surface area contributed by atoms with E-state index in [4.69, 9.17) is 25.8 Å². The van der Waals surface area contributed by atoms with E-state index >= 15 is 0 Å². The van der Waals surface area contributed by atoms with Gasteiger partial charge in [0.05, 0.1) is 14.2 Å². The van der Waals surface area contributed by atoms with Gasteiger partial charge in [-0.25, -0.2) is 0 Å². The molecule has 1 amide bonds. The number of piperidine rings is 1. The van der Waals surface area contributed by atoms with Crippen LogP contribution in [0.15, 0.2) is 42.5 Å². The Morgan fingerprint density at radius 3 is 2.38 bits per heavy atom. The summed E-state index contributed by atoms with van der Waals surface area (Å²) in [6, 6.07) is 14.0. The summed E-state index contributed by atoms with van der Waals surface area (Å²) in [6.07, 6.45) is 7.67. The van der Waals surface area contributed by atoms with Crippen LogP contribution < -0.4 is 14.2 Å². The van der Waals surface area contributed by atoms with E-state index in [2.05, 4.69) is 31.7 Å². The molecule has 3 unspecified atom stereocenters. The highest BCUT2D eigenvalue weighted by Crippen LogP contribution is 2.66. The predicted octanol–water partition coefficient (Wildman–Crippen LogP) is 7.78. The third-order valence-electron chi connectivity index (χ3n) is 11.6. The zero-order chi connectivity index (χ0) is 28.2. The number of hydrogen-bond donors (Lipinski definition) is 0. The SMILES string of the molecule is COc1ccc(CN2C(=O)CC[C@@]3(C)C2CC(C)[C@@H]2[C@H]3CC[C@]3(C)C(Oc4ccc(Cl)cc4)CC[C@@H]23)c(OC)c1. The van der Waals surface area contributed by atoms with Gasteiger partial charge in [-0.1, -0.05) is 32.4 Å². The predicted molar refractivity (Wildman–Crippen MR) is 158 cm³/mol. The Kier molecular flexibility index (Phi) is 7.26. The number of fused-ring (bicyclic) bond motifs is 5. The fourth-order valence-corrected chi connectivity index (χ4v) is 9.63. The number of amides is 1. The van der Waals surface area contributed by atoms with E-state index in [9.17, 15) is 4.79 Å². The Labute approximate surface area is 244 Å². The molecule has 3 aliphatic carbocycles. The molecule has 1 saturated heterocycles. The molecule has 4 aliphatic rings. The number of methoxy groups -OCH3 is 2. The van der Waals surface area contributed by atoms with Crippen molar-refractivity contribution in [1.29, 1.82) is 0 Å². The van der Waals surface area contributed by atoms with Crippen LogP contribution in [0.1, 0.15) is 71.3 Å². The van der Waals surface area contributed by atoms with Gasteiger partial charge < -0.3 is 19.1 Å². The van der Waals surface area contributed by atoms with Crippen LogP contribution >= 0.6 is 11.6 Å². The second-order valence-electron chi connectivity index (χ2n) is 13.4. The lowest BCUT2D eigenvalue weighted by Crippen LogP contribution is -2.64. The monoisotopic (exact) mass is 565 g/mol. The number of ether oxygens (including phenoxy) is 3. The molecule has 0 aromatic heterocycles. The van der Waals surface area contributed by atoms with Crippen LogP contribution in [-0.2, 0) is 11.3 Å². The molecule has 2 aromatic rings. The minimum atomic E-state index is 0.126. The lowest BCUT2D eigenvalue weighted by atomic mass is 9.45. The molecule has 6 heteroatoms. The number of halogens is 1. The first-order valence-corrected chi connectivity index (χ1v) is 15.5. The van der Waals surface area contributed by atoms with Crippen molar-refractivity contribution in [3.63, 3.8) is 0 Å². The minimum absolute atomic E-state index is 0.126. The second kappa shape index (κ2) is 10.5. The molecule has 3 saturated carbocycles. The quantitative estimate of drug-likeness (QED) is 0.359. The van der Waals surface area contributed by atoms with Crippen molar-refractivity contribution < 1.29 is 19.0 Å². The summed E-state index contributed by atoms with van der Waals surface area (Å²) >= 11 is 6.13. The first-order valence-electron chi connectivity index (χ1n) is 15.1. The maximum Gasteiger partial charge on any atom is 0.223 e. The Balaban J connectivity index is 1.25. The molecule has 0 N–H and O–H groups in total. The molecule has 40 heavy (non-hydrogen) atoms. The number of rotatable bonds is 6. The molecule has 1 heterocycles. The smallest absolute Gasteiger partial charge is 0.223 e. The van der Waals surface area contributed by atoms with Crippen LogP contribution in [0.5, 0.6) is 17.2 Å². The zero-order valence-corrected chi connectivity index (χ0v) is 25.4. The van der Waals surface area contributed by atoms with E-state index in [1.807, 2.05) is 36.4 Å². The molecular weight excluding hydrogens is 522 g/mol. The zero-order valence-electron chi connectivity index (χ0n) is 24.6. The standard InChI is InChI=1S/C34H44ClNO4/c1-21-18-29-33(2,17-15-31(37)36(29)20-22-6-9-25(38-4)19-28(22)39-5)27-14-16-34(3)26(32(21)27)12-13-30(34)40-24-10-7-23(35)8-11-24/h6-11,19,21,26-27,29-30,32H,12-18,20H2,1-5H3/t21?,26-,27+,29?,30?,32-,33+,34-/m0/s1. The summed E-state index contributed by atoms with van der Waals surface area (Å²) in [7, 11) is 3.36. The fourth-order valence-electron chi connectivity index (χ4n) is 9.50. The Bertz CT molecular complexity index is 1250. The minimum Gasteiger partial charge on any atom is -0.497 e. The second-order valence-corrected chi connectivity index (χ2v) is 13.8. The third-order valence-corrected chi connectivity index (χ3v) is 11.9. The first-order chi connectivity index (χ1) is 19.2. The molecule has 0 radical (unpaired) electrons. The third kappa shape index (κ3) is 4.47. The average molecular weight is 566 g/mol. The molecule has 216 valence electrons. The van der Waals surface area contributed by atoms with Crippen molar-refractivity contribution in [2.24, 2.45) is 34.5 Å². The van der Waals surface area contributed by atoms with E-state index < -0.39 is 0 Å². The molecule has 0 spiro atoms. The van der Waals surface area contributed by atoms with E-state index in [1.165, 1.54) is 19.3 Å². The molecule has 8 atom stereocenters. The summed E-state index contributed by atoms with van der Waals surface area (Å²) in [5.74, 6) is 5.28. The van der Waals surface area contributed by atoms with Crippen molar-refractivity contribution >= 4 is 17.5 Å². The van der Waals surface area contributed by atoms with Gasteiger partial charge in [-0.15, -0.1) is 0 Å². The Morgan fingerprint density at radius 2 is 1.65 bits per heavy atom. The van der Waals surface area contributed by atoms with Crippen molar-refractivity contribution in [2.75, 3.05) is 14.2 Å². The summed E-state index contributed by atoms with van der Waals surface area (Å²) in [4.78, 5) is 15.7. The number of nitrogens with zero attached hydrogens (tertiary/aromatic N) is 1. The number of benzene rings is 2. The number of carbonyl (C=O) groups excluding carboxylic acids is 1. The topological polar surface area (TPSA) is 48.0 Å². The normalized spacial score (nSPS) is 36.9. The highest BCUT2D eigenvalue weighted by molar-refractivity contribution is 6.30. The summed E-state index contributed by atoms with van der Waals surface area (Å²) in [5.41, 5.74) is 1.35. The molecule has 5 nitrogen and oxygen atoms in total. The van der Waals surface area contributed by atoms with Crippen molar-refractivity contribution in [3.8, 4) is 17.2 Å². The Morgan fingerprint density at radius 1 is 0.925 bits per heavy atom. The van der Waals surface area contributed by atoms with E-state index in [-0.39, 0.29) is 28.9 Å². The van der Waals surface area contributed by atoms with E-state index in [0.29, 0.717) is 36.6 Å². The van der Waals surface area contributed by atoms with Crippen molar-refractivity contribution in [2.45, 2.75) is 84.4 Å². The molecule has 6 rings (SSSR count). The van der Waals surface area contributed by atoms with Crippen LogP contribution in [-0.4, -0.2) is 37.2 Å². The van der Waals surface area contributed by atoms with Gasteiger partial charge >= 0.3 is 0 Å². The van der Waals surface area contributed by atoms with Crippen LogP contribution in [0.4, 0.5) is 0 Å². The summed E-state index contributed by atoms with van der Waals surface area (Å²) < 4.78 is 17.8. The maximum atomic E-state index is 13.5. The van der Waals surface area contributed by atoms with Crippen LogP contribution in [0, 0.1) is 34.5 Å². The fraction of sp³-hybridized carbons (Fsp3) is 0.618. The van der Waals surface area contributed by atoms with E-state index in [1.54, 1.807) is 14.2 Å². The average Bonchev–Trinajstić information content (AvgIpc) is 3.28. The van der Waals surface area contributed by atoms with Crippen LogP contribution in [0.2, 0.25) is 5.02 Å². The Hall–Kier alpha value is -2.40. The molecule has 4 fully saturated rings. The molecular formula is C34H44ClNO4. The van der Waals surface area contributed by atoms with Crippen LogP contribution in [0.25, 0.3) is 0 Å². The van der Waals surface area contributed by atoms with Gasteiger partial charge in [0.25, 0.3) is 0 Å². The lowest BCUT2D eigenvalue weighted by molar-refractivity contribution is -0.172. The van der Waals surface area contributed by atoms with Crippen molar-refractivity contribution in [3.05, 3.63) is 53.1 Å². The van der Waals surface area contributed by atoms with Crippen LogP contribution in [0.3, 0.4) is 0 Å². The number of carbonyl (C=O) groups is 1. The largest absolute Gasteiger partial charge is 0.497 e. The van der Waals surface area contributed by atoms with Gasteiger partial charge in [-0.2, -0.15) is 0 Å². The summed E-state index contributed by atoms with van der Waals surface area (Å²) in [6.45, 7) is 8.05. The molecule has 2 aromatic carbocycles. The highest BCUT2D eigenvalue weighted by atomic mass is 35.5. The molecule has 0 bridgehead atoms. The number of likely N-dealkylation sites (tertiary alicyclic amines) is 1. The van der Waals surface area contributed by atoms with Gasteiger partial charge in [0.1, 0.15) is 23.4 Å². The maximum absolute atomic E-state index is 13.5. The highest BCUT2D eigenvalue weighted by Gasteiger charge is 2.63. The van der Waals surface area contributed by atoms with Gasteiger partial charge in [0, 0.05) is 41.1 Å².